The highest BCUT2D eigenvalue weighted by atomic mass is 32.2. The molecule has 6 N–H and O–H groups in total. The van der Waals surface area contributed by atoms with Gasteiger partial charge < -0.3 is 16.2 Å². The number of anilines is 1. The van der Waals surface area contributed by atoms with Gasteiger partial charge in [-0.15, -0.1) is 0 Å². The lowest BCUT2D eigenvalue weighted by atomic mass is 9.85. The largest absolute Gasteiger partial charge is 0.478 e. The van der Waals surface area contributed by atoms with Gasteiger partial charge in [-0.3, -0.25) is 14.8 Å². The standard InChI is InChI=1S/C25H23N3O3.CH4O3S/c26-23(27)15-9-11-18(12-10-15)28-24(29)22-14-17-6-2-1-5-16(17)13-21(22)19-7-3-4-8-20(19)25(30)31;1-5(2,3)4/h3-4,7-14H,1-2,5-6H2,(H3,26,27)(H,28,29)(H,30,31);1H3,(H,2,3,4). The summed E-state index contributed by atoms with van der Waals surface area (Å²) in [4.78, 5) is 25.1. The highest BCUT2D eigenvalue weighted by molar-refractivity contribution is 7.85. The van der Waals surface area contributed by atoms with Gasteiger partial charge in [0, 0.05) is 16.8 Å². The van der Waals surface area contributed by atoms with Gasteiger partial charge in [0.25, 0.3) is 16.0 Å². The highest BCUT2D eigenvalue weighted by Gasteiger charge is 2.22. The highest BCUT2D eigenvalue weighted by Crippen LogP contribution is 2.33. The number of carbonyl (C=O) groups is 2. The van der Waals surface area contributed by atoms with Crippen LogP contribution in [0.15, 0.2) is 60.7 Å². The number of benzene rings is 3. The summed E-state index contributed by atoms with van der Waals surface area (Å²) in [5.74, 6) is -1.38. The van der Waals surface area contributed by atoms with Gasteiger partial charge in [-0.1, -0.05) is 24.3 Å². The smallest absolute Gasteiger partial charge is 0.336 e. The van der Waals surface area contributed by atoms with Gasteiger partial charge in [-0.2, -0.15) is 8.42 Å². The molecule has 36 heavy (non-hydrogen) atoms. The number of carboxylic acids is 1. The Morgan fingerprint density at radius 2 is 1.47 bits per heavy atom. The van der Waals surface area contributed by atoms with E-state index in [4.69, 9.17) is 15.7 Å². The van der Waals surface area contributed by atoms with Crippen molar-refractivity contribution in [1.29, 1.82) is 5.41 Å². The van der Waals surface area contributed by atoms with Crippen molar-refractivity contribution < 1.29 is 27.7 Å². The first-order valence-corrected chi connectivity index (χ1v) is 13.0. The molecular weight excluding hydrogens is 482 g/mol. The summed E-state index contributed by atoms with van der Waals surface area (Å²) >= 11 is 0. The van der Waals surface area contributed by atoms with Crippen molar-refractivity contribution in [3.63, 3.8) is 0 Å². The number of carboxylic acid groups (broad SMARTS) is 1. The van der Waals surface area contributed by atoms with E-state index in [0.29, 0.717) is 34.2 Å². The molecule has 4 rings (SSSR count). The topological polar surface area (TPSA) is 171 Å². The van der Waals surface area contributed by atoms with Crippen LogP contribution in [0.1, 0.15) is 50.2 Å². The summed E-state index contributed by atoms with van der Waals surface area (Å²) in [6.07, 6.45) is 4.70. The predicted molar refractivity (Wildman–Crippen MR) is 138 cm³/mol. The number of amides is 1. The predicted octanol–water partition coefficient (Wildman–Crippen LogP) is 3.97. The number of rotatable bonds is 5. The fourth-order valence-electron chi connectivity index (χ4n) is 4.03. The molecule has 0 unspecified atom stereocenters. The minimum atomic E-state index is -3.67. The maximum absolute atomic E-state index is 13.3. The van der Waals surface area contributed by atoms with E-state index in [0.717, 1.165) is 31.2 Å². The Labute approximate surface area is 209 Å². The third-order valence-corrected chi connectivity index (χ3v) is 5.63. The fraction of sp³-hybridized carbons (Fsp3) is 0.192. The number of hydrogen-bond donors (Lipinski definition) is 5. The van der Waals surface area contributed by atoms with Gasteiger partial charge in [-0.25, -0.2) is 4.79 Å². The normalized spacial score (nSPS) is 12.5. The van der Waals surface area contributed by atoms with Crippen LogP contribution in [-0.2, 0) is 23.0 Å². The number of aryl methyl sites for hydroxylation is 2. The summed E-state index contributed by atoms with van der Waals surface area (Å²) in [6, 6.07) is 17.4. The second kappa shape index (κ2) is 11.1. The van der Waals surface area contributed by atoms with E-state index in [2.05, 4.69) is 5.32 Å². The van der Waals surface area contributed by atoms with Gasteiger partial charge in [0.15, 0.2) is 0 Å². The summed E-state index contributed by atoms with van der Waals surface area (Å²) in [6.45, 7) is 0. The molecule has 0 bridgehead atoms. The molecule has 0 saturated carbocycles. The van der Waals surface area contributed by atoms with E-state index >= 15 is 0 Å². The monoisotopic (exact) mass is 509 g/mol. The van der Waals surface area contributed by atoms with Gasteiger partial charge in [0.1, 0.15) is 5.84 Å². The molecule has 1 aliphatic carbocycles. The summed E-state index contributed by atoms with van der Waals surface area (Å²) < 4.78 is 25.9. The van der Waals surface area contributed by atoms with Crippen LogP contribution in [0, 0.1) is 5.41 Å². The molecule has 0 spiro atoms. The Balaban J connectivity index is 0.000000658. The molecule has 0 radical (unpaired) electrons. The van der Waals surface area contributed by atoms with Crippen molar-refractivity contribution in [2.24, 2.45) is 5.73 Å². The molecule has 1 aliphatic rings. The molecule has 0 fully saturated rings. The Kier molecular flexibility index (Phi) is 8.23. The van der Waals surface area contributed by atoms with Gasteiger partial charge in [0.05, 0.1) is 11.8 Å². The van der Waals surface area contributed by atoms with Crippen molar-refractivity contribution >= 4 is 33.5 Å². The van der Waals surface area contributed by atoms with E-state index in [1.165, 1.54) is 5.56 Å². The number of nitrogens with one attached hydrogen (secondary N) is 2. The van der Waals surface area contributed by atoms with Crippen molar-refractivity contribution in [2.75, 3.05) is 11.6 Å². The van der Waals surface area contributed by atoms with Crippen LogP contribution in [0.2, 0.25) is 0 Å². The van der Waals surface area contributed by atoms with Gasteiger partial charge >= 0.3 is 5.97 Å². The van der Waals surface area contributed by atoms with E-state index < -0.39 is 16.1 Å². The molecule has 3 aromatic carbocycles. The molecule has 0 saturated heterocycles. The van der Waals surface area contributed by atoms with E-state index in [1.807, 2.05) is 12.1 Å². The first kappa shape index (κ1) is 26.6. The van der Waals surface area contributed by atoms with Crippen LogP contribution < -0.4 is 11.1 Å². The lowest BCUT2D eigenvalue weighted by molar-refractivity contribution is 0.0697. The zero-order valence-electron chi connectivity index (χ0n) is 19.6. The van der Waals surface area contributed by atoms with E-state index in [1.54, 1.807) is 48.5 Å². The average molecular weight is 510 g/mol. The number of aromatic carboxylic acids is 1. The van der Waals surface area contributed by atoms with Gasteiger partial charge in [-0.05, 0) is 84.3 Å². The fourth-order valence-corrected chi connectivity index (χ4v) is 4.03. The first-order valence-electron chi connectivity index (χ1n) is 11.1. The molecule has 0 aromatic heterocycles. The van der Waals surface area contributed by atoms with Crippen LogP contribution in [-0.4, -0.2) is 42.0 Å². The minimum absolute atomic E-state index is 0.0415. The quantitative estimate of drug-likeness (QED) is 0.197. The van der Waals surface area contributed by atoms with Crippen molar-refractivity contribution in [3.05, 3.63) is 88.5 Å². The van der Waals surface area contributed by atoms with Crippen LogP contribution >= 0.6 is 0 Å². The summed E-state index contributed by atoms with van der Waals surface area (Å²) in [7, 11) is -3.67. The van der Waals surface area contributed by atoms with E-state index in [-0.39, 0.29) is 17.3 Å². The number of nitrogens with two attached hydrogens (primary N) is 1. The van der Waals surface area contributed by atoms with Gasteiger partial charge in [0.2, 0.25) is 0 Å². The number of nitrogen functional groups attached to an aromatic ring is 1. The SMILES string of the molecule is CS(=O)(=O)O.N=C(N)c1ccc(NC(=O)c2cc3c(cc2-c2ccccc2C(=O)O)CCCC3)cc1. The Bertz CT molecular complexity index is 1410. The molecule has 0 aliphatic heterocycles. The maximum atomic E-state index is 13.3. The molecule has 0 atom stereocenters. The number of carbonyl (C=O) groups excluding carboxylic acids is 1. The maximum Gasteiger partial charge on any atom is 0.336 e. The second-order valence-electron chi connectivity index (χ2n) is 8.40. The molecule has 1 amide bonds. The lowest BCUT2D eigenvalue weighted by Crippen LogP contribution is -2.16. The van der Waals surface area contributed by atoms with Crippen LogP contribution in [0.3, 0.4) is 0 Å². The Hall–Kier alpha value is -4.02. The number of amidine groups is 1. The zero-order chi connectivity index (χ0) is 26.5. The number of fused-ring (bicyclic) bond motifs is 1. The molecule has 0 heterocycles. The third kappa shape index (κ3) is 7.00. The summed E-state index contributed by atoms with van der Waals surface area (Å²) in [5, 5.41) is 20.1. The zero-order valence-corrected chi connectivity index (χ0v) is 20.4. The van der Waals surface area contributed by atoms with Crippen molar-refractivity contribution in [1.82, 2.24) is 0 Å². The van der Waals surface area contributed by atoms with Crippen LogP contribution in [0.4, 0.5) is 5.69 Å². The first-order chi connectivity index (χ1) is 16.9. The molecular formula is C26H27N3O6S. The molecule has 10 heteroatoms. The molecule has 9 nitrogen and oxygen atoms in total. The summed E-state index contributed by atoms with van der Waals surface area (Å²) in [5.41, 5.74) is 10.7. The third-order valence-electron chi connectivity index (χ3n) is 5.63. The lowest BCUT2D eigenvalue weighted by Gasteiger charge is -2.20. The van der Waals surface area contributed by atoms with Crippen LogP contribution in [0.25, 0.3) is 11.1 Å². The Morgan fingerprint density at radius 3 is 2.03 bits per heavy atom. The van der Waals surface area contributed by atoms with Crippen molar-refractivity contribution in [3.8, 4) is 11.1 Å². The Morgan fingerprint density at radius 1 is 0.917 bits per heavy atom. The van der Waals surface area contributed by atoms with E-state index in [9.17, 15) is 23.1 Å². The molecule has 188 valence electrons. The second-order valence-corrected chi connectivity index (χ2v) is 9.87. The minimum Gasteiger partial charge on any atom is -0.478 e. The van der Waals surface area contributed by atoms with Crippen LogP contribution in [0.5, 0.6) is 0 Å². The molecule has 3 aromatic rings. The number of hydrogen-bond acceptors (Lipinski definition) is 5. The van der Waals surface area contributed by atoms with Crippen molar-refractivity contribution in [2.45, 2.75) is 25.7 Å². The average Bonchev–Trinajstić information content (AvgIpc) is 2.82.